The van der Waals surface area contributed by atoms with E-state index in [0.29, 0.717) is 12.6 Å². The number of halogens is 5. The van der Waals surface area contributed by atoms with Gasteiger partial charge in [-0.15, -0.1) is 10.2 Å². The highest BCUT2D eigenvalue weighted by atomic mass is 19.4. The van der Waals surface area contributed by atoms with Crippen LogP contribution in [0.15, 0.2) is 18.2 Å². The molecule has 1 fully saturated rings. The summed E-state index contributed by atoms with van der Waals surface area (Å²) in [4.78, 5) is 1.62. The van der Waals surface area contributed by atoms with Crippen molar-refractivity contribution in [2.75, 3.05) is 31.2 Å². The van der Waals surface area contributed by atoms with E-state index in [1.807, 2.05) is 0 Å². The molecule has 1 atom stereocenters. The fraction of sp³-hybridized carbons (Fsp3) is 0.444. The van der Waals surface area contributed by atoms with E-state index in [1.54, 1.807) is 4.90 Å². The minimum absolute atomic E-state index is 0.0620. The number of morpholine rings is 1. The second-order valence-electron chi connectivity index (χ2n) is 6.61. The number of ether oxygens (including phenoxy) is 1. The zero-order chi connectivity index (χ0) is 21.3. The van der Waals surface area contributed by atoms with Gasteiger partial charge >= 0.3 is 6.18 Å². The molecule has 1 aromatic heterocycles. The Kier molecular flexibility index (Phi) is 5.90. The Morgan fingerprint density at radius 3 is 2.55 bits per heavy atom. The Balaban J connectivity index is 2.05. The summed E-state index contributed by atoms with van der Waals surface area (Å²) in [5.74, 6) is -0.692. The van der Waals surface area contributed by atoms with Crippen LogP contribution in [-0.2, 0) is 10.9 Å². The van der Waals surface area contributed by atoms with Crippen LogP contribution in [0.2, 0.25) is 0 Å². The normalized spacial score (nSPS) is 17.8. The van der Waals surface area contributed by atoms with Gasteiger partial charge in [0, 0.05) is 24.2 Å². The van der Waals surface area contributed by atoms with Crippen LogP contribution in [-0.4, -0.2) is 52.8 Å². The van der Waals surface area contributed by atoms with Crippen molar-refractivity contribution in [3.8, 4) is 17.0 Å². The number of benzene rings is 1. The van der Waals surface area contributed by atoms with Gasteiger partial charge in [0.15, 0.2) is 5.82 Å². The molecule has 2 aromatic rings. The highest BCUT2D eigenvalue weighted by Crippen LogP contribution is 2.41. The van der Waals surface area contributed by atoms with E-state index in [-0.39, 0.29) is 42.4 Å². The zero-order valence-electron chi connectivity index (χ0n) is 15.2. The molecule has 1 aliphatic heterocycles. The molecule has 0 spiro atoms. The van der Waals surface area contributed by atoms with E-state index in [4.69, 9.17) is 4.74 Å². The molecule has 0 aliphatic carbocycles. The number of rotatable bonds is 4. The van der Waals surface area contributed by atoms with Crippen molar-refractivity contribution in [1.82, 2.24) is 10.2 Å². The lowest BCUT2D eigenvalue weighted by Gasteiger charge is -2.32. The molecule has 11 heteroatoms. The second-order valence-corrected chi connectivity index (χ2v) is 6.61. The Morgan fingerprint density at radius 1 is 1.24 bits per heavy atom. The first-order valence-electron chi connectivity index (χ1n) is 8.66. The average Bonchev–Trinajstić information content (AvgIpc) is 2.66. The highest BCUT2D eigenvalue weighted by molar-refractivity contribution is 5.74. The quantitative estimate of drug-likeness (QED) is 0.741. The number of hydrogen-bond acceptors (Lipinski definition) is 6. The van der Waals surface area contributed by atoms with E-state index < -0.39 is 35.6 Å². The topological polar surface area (TPSA) is 78.7 Å². The van der Waals surface area contributed by atoms with Crippen molar-refractivity contribution in [2.45, 2.75) is 25.6 Å². The number of aryl methyl sites for hydroxylation is 1. The minimum Gasteiger partial charge on any atom is -0.507 e. The molecule has 1 aromatic carbocycles. The van der Waals surface area contributed by atoms with Crippen LogP contribution in [0.4, 0.5) is 27.8 Å². The van der Waals surface area contributed by atoms with Gasteiger partial charge in [-0.3, -0.25) is 0 Å². The standard InChI is InChI=1S/C18H18F5N3O3/c1-9-4-10(18(21,22)23)5-13(28)15(9)16-12(17(19)20)6-14(24-25-16)26-2-3-29-11(7-26)8-27/h4-6,11,17,27-28H,2-3,7-8H2,1H3/t11-/m0/s1. The van der Waals surface area contributed by atoms with Crippen LogP contribution in [0.25, 0.3) is 11.3 Å². The molecule has 0 bridgehead atoms. The largest absolute Gasteiger partial charge is 0.507 e. The van der Waals surface area contributed by atoms with Crippen molar-refractivity contribution in [3.63, 3.8) is 0 Å². The Bertz CT molecular complexity index is 869. The summed E-state index contributed by atoms with van der Waals surface area (Å²) in [7, 11) is 0. The fourth-order valence-corrected chi connectivity index (χ4v) is 3.19. The molecular weight excluding hydrogens is 401 g/mol. The maximum atomic E-state index is 13.7. The van der Waals surface area contributed by atoms with Crippen LogP contribution >= 0.6 is 0 Å². The lowest BCUT2D eigenvalue weighted by Crippen LogP contribution is -2.44. The Labute approximate surface area is 162 Å². The summed E-state index contributed by atoms with van der Waals surface area (Å²) in [5.41, 5.74) is -2.35. The van der Waals surface area contributed by atoms with Gasteiger partial charge < -0.3 is 19.8 Å². The predicted octanol–water partition coefficient (Wildman–Crippen LogP) is 3.31. The SMILES string of the molecule is Cc1cc(C(F)(F)F)cc(O)c1-c1nnc(N2CCO[C@H](CO)C2)cc1C(F)F. The molecule has 29 heavy (non-hydrogen) atoms. The first kappa shape index (κ1) is 21.2. The minimum atomic E-state index is -4.69. The summed E-state index contributed by atoms with van der Waals surface area (Å²) in [5, 5.41) is 27.0. The van der Waals surface area contributed by atoms with Crippen LogP contribution in [0, 0.1) is 6.92 Å². The Hall–Kier alpha value is -2.53. The third-order valence-corrected chi connectivity index (χ3v) is 4.59. The summed E-state index contributed by atoms with van der Waals surface area (Å²) in [6, 6.07) is 2.32. The number of aliphatic hydroxyl groups excluding tert-OH is 1. The zero-order valence-corrected chi connectivity index (χ0v) is 15.2. The number of phenolic OH excluding ortho intramolecular Hbond substituents is 1. The number of anilines is 1. The van der Waals surface area contributed by atoms with Crippen molar-refractivity contribution >= 4 is 5.82 Å². The van der Waals surface area contributed by atoms with Gasteiger partial charge in [0.25, 0.3) is 6.43 Å². The smallest absolute Gasteiger partial charge is 0.416 e. The summed E-state index contributed by atoms with van der Waals surface area (Å²) in [6.45, 7) is 1.85. The molecule has 1 aliphatic rings. The van der Waals surface area contributed by atoms with Gasteiger partial charge in [-0.1, -0.05) is 0 Å². The van der Waals surface area contributed by atoms with Gasteiger partial charge in [0.2, 0.25) is 0 Å². The first-order chi connectivity index (χ1) is 13.6. The maximum Gasteiger partial charge on any atom is 0.416 e. The molecule has 158 valence electrons. The number of alkyl halides is 5. The molecule has 0 amide bonds. The average molecular weight is 419 g/mol. The molecule has 0 unspecified atom stereocenters. The van der Waals surface area contributed by atoms with Crippen LogP contribution in [0.1, 0.15) is 23.1 Å². The summed E-state index contributed by atoms with van der Waals surface area (Å²) >= 11 is 0. The Morgan fingerprint density at radius 2 is 1.97 bits per heavy atom. The number of aromatic hydroxyl groups is 1. The molecule has 0 saturated carbocycles. The molecule has 2 N–H and O–H groups in total. The van der Waals surface area contributed by atoms with Gasteiger partial charge in [0.1, 0.15) is 11.4 Å². The lowest BCUT2D eigenvalue weighted by molar-refractivity contribution is -0.137. The van der Waals surface area contributed by atoms with Crippen LogP contribution < -0.4 is 4.90 Å². The number of aliphatic hydroxyl groups is 1. The summed E-state index contributed by atoms with van der Waals surface area (Å²) in [6.07, 6.45) is -8.20. The van der Waals surface area contributed by atoms with Crippen molar-refractivity contribution < 1.29 is 36.9 Å². The molecule has 0 radical (unpaired) electrons. The number of phenols is 1. The van der Waals surface area contributed by atoms with Crippen LogP contribution in [0.5, 0.6) is 5.75 Å². The highest BCUT2D eigenvalue weighted by Gasteiger charge is 2.33. The van der Waals surface area contributed by atoms with Gasteiger partial charge in [-0.05, 0) is 30.7 Å². The van der Waals surface area contributed by atoms with Crippen molar-refractivity contribution in [3.05, 3.63) is 34.9 Å². The molecule has 1 saturated heterocycles. The molecule has 2 heterocycles. The van der Waals surface area contributed by atoms with E-state index in [9.17, 15) is 32.2 Å². The summed E-state index contributed by atoms with van der Waals surface area (Å²) < 4.78 is 71.5. The number of nitrogens with zero attached hydrogens (tertiary/aromatic N) is 3. The van der Waals surface area contributed by atoms with E-state index in [2.05, 4.69) is 10.2 Å². The molecular formula is C18H18F5N3O3. The second kappa shape index (κ2) is 8.07. The fourth-order valence-electron chi connectivity index (χ4n) is 3.19. The van der Waals surface area contributed by atoms with Gasteiger partial charge in [0.05, 0.1) is 24.9 Å². The predicted molar refractivity (Wildman–Crippen MR) is 92.9 cm³/mol. The first-order valence-corrected chi connectivity index (χ1v) is 8.66. The van der Waals surface area contributed by atoms with E-state index in [0.717, 1.165) is 12.1 Å². The van der Waals surface area contributed by atoms with E-state index in [1.165, 1.54) is 6.92 Å². The third kappa shape index (κ3) is 4.40. The maximum absolute atomic E-state index is 13.7. The number of hydrogen-bond donors (Lipinski definition) is 2. The monoisotopic (exact) mass is 419 g/mol. The molecule has 6 nitrogen and oxygen atoms in total. The van der Waals surface area contributed by atoms with Gasteiger partial charge in [-0.2, -0.15) is 13.2 Å². The third-order valence-electron chi connectivity index (χ3n) is 4.59. The van der Waals surface area contributed by atoms with Crippen LogP contribution in [0.3, 0.4) is 0 Å². The number of aromatic nitrogens is 2. The molecule has 3 rings (SSSR count). The van der Waals surface area contributed by atoms with Gasteiger partial charge in [-0.25, -0.2) is 8.78 Å². The lowest BCUT2D eigenvalue weighted by atomic mass is 9.98. The van der Waals surface area contributed by atoms with E-state index >= 15 is 0 Å². The van der Waals surface area contributed by atoms with Crippen molar-refractivity contribution in [1.29, 1.82) is 0 Å². The van der Waals surface area contributed by atoms with Crippen molar-refractivity contribution in [2.24, 2.45) is 0 Å².